The van der Waals surface area contributed by atoms with Crippen molar-refractivity contribution in [3.63, 3.8) is 0 Å². The first kappa shape index (κ1) is 17.7. The molecule has 21 heavy (non-hydrogen) atoms. The van der Waals surface area contributed by atoms with Gasteiger partial charge in [-0.1, -0.05) is 37.3 Å². The summed E-state index contributed by atoms with van der Waals surface area (Å²) in [6.07, 6.45) is 1.98. The van der Waals surface area contributed by atoms with Crippen molar-refractivity contribution in [2.24, 2.45) is 5.92 Å². The van der Waals surface area contributed by atoms with Gasteiger partial charge < -0.3 is 15.0 Å². The summed E-state index contributed by atoms with van der Waals surface area (Å²) in [6, 6.07) is 10.4. The molecule has 1 aromatic rings. The van der Waals surface area contributed by atoms with Crippen molar-refractivity contribution in [1.82, 2.24) is 10.2 Å². The van der Waals surface area contributed by atoms with Gasteiger partial charge in [0.05, 0.1) is 6.61 Å². The number of rotatable bonds is 10. The van der Waals surface area contributed by atoms with Crippen LogP contribution in [0.15, 0.2) is 30.3 Å². The highest BCUT2D eigenvalue weighted by atomic mass is 16.5. The minimum atomic E-state index is 0.00332. The molecule has 1 amide bonds. The quantitative estimate of drug-likeness (QED) is 0.716. The lowest BCUT2D eigenvalue weighted by atomic mass is 10.1. The monoisotopic (exact) mass is 292 g/mol. The maximum atomic E-state index is 12.4. The van der Waals surface area contributed by atoms with Gasteiger partial charge in [-0.2, -0.15) is 0 Å². The molecule has 118 valence electrons. The van der Waals surface area contributed by atoms with E-state index in [1.165, 1.54) is 5.56 Å². The lowest BCUT2D eigenvalue weighted by molar-refractivity contribution is -0.135. The van der Waals surface area contributed by atoms with Crippen molar-refractivity contribution in [2.75, 3.05) is 40.4 Å². The van der Waals surface area contributed by atoms with Crippen LogP contribution in [0.2, 0.25) is 0 Å². The summed E-state index contributed by atoms with van der Waals surface area (Å²) in [4.78, 5) is 14.3. The van der Waals surface area contributed by atoms with E-state index in [4.69, 9.17) is 4.74 Å². The number of aryl methyl sites for hydroxylation is 1. The zero-order chi connectivity index (χ0) is 15.5. The zero-order valence-electron chi connectivity index (χ0n) is 13.5. The van der Waals surface area contributed by atoms with Crippen molar-refractivity contribution >= 4 is 5.91 Å². The van der Waals surface area contributed by atoms with Crippen molar-refractivity contribution in [1.29, 1.82) is 0 Å². The topological polar surface area (TPSA) is 41.6 Å². The van der Waals surface area contributed by atoms with E-state index in [0.717, 1.165) is 19.4 Å². The molecule has 4 heteroatoms. The number of carbonyl (C=O) groups excluding carboxylic acids is 1. The third-order valence-electron chi connectivity index (χ3n) is 3.55. The molecule has 0 saturated carbocycles. The fraction of sp³-hybridized carbons (Fsp3) is 0.588. The standard InChI is InChI=1S/C17H28N2O2/c1-15(14-18-2)17(20)19(12-13-21-3)11-7-10-16-8-5-4-6-9-16/h4-6,8-9,15,18H,7,10-14H2,1-3H3. The Kier molecular flexibility index (Phi) is 8.71. The van der Waals surface area contributed by atoms with Crippen LogP contribution in [0.25, 0.3) is 0 Å². The molecule has 0 aliphatic heterocycles. The third-order valence-corrected chi connectivity index (χ3v) is 3.55. The minimum absolute atomic E-state index is 0.00332. The molecule has 1 unspecified atom stereocenters. The summed E-state index contributed by atoms with van der Waals surface area (Å²) in [7, 11) is 3.54. The smallest absolute Gasteiger partial charge is 0.226 e. The van der Waals surface area contributed by atoms with Gasteiger partial charge in [-0.05, 0) is 25.5 Å². The van der Waals surface area contributed by atoms with Gasteiger partial charge in [-0.3, -0.25) is 4.79 Å². The Morgan fingerprint density at radius 1 is 1.29 bits per heavy atom. The highest BCUT2D eigenvalue weighted by molar-refractivity contribution is 5.78. The van der Waals surface area contributed by atoms with E-state index >= 15 is 0 Å². The summed E-state index contributed by atoms with van der Waals surface area (Å²) < 4.78 is 5.12. The normalized spacial score (nSPS) is 12.1. The Morgan fingerprint density at radius 3 is 2.62 bits per heavy atom. The second kappa shape index (κ2) is 10.4. The SMILES string of the molecule is CNCC(C)C(=O)N(CCCc1ccccc1)CCOC. The van der Waals surface area contributed by atoms with Gasteiger partial charge in [-0.15, -0.1) is 0 Å². The van der Waals surface area contributed by atoms with Crippen molar-refractivity contribution in [2.45, 2.75) is 19.8 Å². The van der Waals surface area contributed by atoms with Crippen molar-refractivity contribution in [3.05, 3.63) is 35.9 Å². The van der Waals surface area contributed by atoms with Crippen LogP contribution in [0, 0.1) is 5.92 Å². The third kappa shape index (κ3) is 6.74. The molecule has 0 spiro atoms. The van der Waals surface area contributed by atoms with Crippen molar-refractivity contribution < 1.29 is 9.53 Å². The van der Waals surface area contributed by atoms with Gasteiger partial charge >= 0.3 is 0 Å². The molecule has 0 aromatic heterocycles. The van der Waals surface area contributed by atoms with Crippen LogP contribution in [-0.4, -0.2) is 51.2 Å². The maximum absolute atomic E-state index is 12.4. The van der Waals surface area contributed by atoms with E-state index in [1.807, 2.05) is 24.9 Å². The molecule has 0 radical (unpaired) electrons. The summed E-state index contributed by atoms with van der Waals surface area (Å²) in [5.74, 6) is 0.207. The molecule has 0 fully saturated rings. The average Bonchev–Trinajstić information content (AvgIpc) is 2.51. The van der Waals surface area contributed by atoms with Crippen molar-refractivity contribution in [3.8, 4) is 0 Å². The number of benzene rings is 1. The van der Waals surface area contributed by atoms with Crippen LogP contribution in [0.4, 0.5) is 0 Å². The van der Waals surface area contributed by atoms with E-state index in [2.05, 4.69) is 29.6 Å². The molecule has 0 aliphatic rings. The largest absolute Gasteiger partial charge is 0.383 e. The fourth-order valence-corrected chi connectivity index (χ4v) is 2.36. The molecule has 1 aromatic carbocycles. The van der Waals surface area contributed by atoms with Gasteiger partial charge in [0.25, 0.3) is 0 Å². The summed E-state index contributed by atoms with van der Waals surface area (Å²) in [5, 5.41) is 3.06. The molecule has 0 bridgehead atoms. The van der Waals surface area contributed by atoms with Gasteiger partial charge in [0, 0.05) is 32.7 Å². The number of nitrogens with one attached hydrogen (secondary N) is 1. The van der Waals surface area contributed by atoms with Gasteiger partial charge in [0.15, 0.2) is 0 Å². The van der Waals surface area contributed by atoms with E-state index < -0.39 is 0 Å². The Labute approximate surface area is 128 Å². The molecule has 0 heterocycles. The van der Waals surface area contributed by atoms with Crippen LogP contribution < -0.4 is 5.32 Å². The van der Waals surface area contributed by atoms with Crippen LogP contribution >= 0.6 is 0 Å². The minimum Gasteiger partial charge on any atom is -0.383 e. The van der Waals surface area contributed by atoms with Gasteiger partial charge in [0.2, 0.25) is 5.91 Å². The number of hydrogen-bond donors (Lipinski definition) is 1. The Morgan fingerprint density at radius 2 is 2.00 bits per heavy atom. The van der Waals surface area contributed by atoms with Crippen LogP contribution in [0.3, 0.4) is 0 Å². The molecular weight excluding hydrogens is 264 g/mol. The summed E-state index contributed by atoms with van der Waals surface area (Å²) >= 11 is 0. The van der Waals surface area contributed by atoms with E-state index in [9.17, 15) is 4.79 Å². The maximum Gasteiger partial charge on any atom is 0.226 e. The highest BCUT2D eigenvalue weighted by Gasteiger charge is 2.19. The lowest BCUT2D eigenvalue weighted by Gasteiger charge is -2.25. The summed E-state index contributed by atoms with van der Waals surface area (Å²) in [5.41, 5.74) is 1.32. The predicted molar refractivity (Wildman–Crippen MR) is 86.3 cm³/mol. The van der Waals surface area contributed by atoms with Crippen LogP contribution in [0.1, 0.15) is 18.9 Å². The first-order valence-corrected chi connectivity index (χ1v) is 7.65. The summed E-state index contributed by atoms with van der Waals surface area (Å²) in [6.45, 7) is 4.71. The number of carbonyl (C=O) groups is 1. The average molecular weight is 292 g/mol. The molecular formula is C17H28N2O2. The number of ether oxygens (including phenoxy) is 1. The number of nitrogens with zero attached hydrogens (tertiary/aromatic N) is 1. The Hall–Kier alpha value is -1.39. The molecule has 0 aliphatic carbocycles. The first-order chi connectivity index (χ1) is 10.2. The number of hydrogen-bond acceptors (Lipinski definition) is 3. The molecule has 1 N–H and O–H groups in total. The molecule has 1 rings (SSSR count). The number of amides is 1. The van der Waals surface area contributed by atoms with Crippen LogP contribution in [-0.2, 0) is 16.0 Å². The molecule has 0 saturated heterocycles. The van der Waals surface area contributed by atoms with E-state index in [0.29, 0.717) is 19.7 Å². The molecule has 4 nitrogen and oxygen atoms in total. The first-order valence-electron chi connectivity index (χ1n) is 7.65. The Balaban J connectivity index is 2.47. The molecule has 1 atom stereocenters. The fourth-order valence-electron chi connectivity index (χ4n) is 2.36. The predicted octanol–water partition coefficient (Wildman–Crippen LogP) is 1.95. The van der Waals surface area contributed by atoms with E-state index in [1.54, 1.807) is 7.11 Å². The second-order valence-corrected chi connectivity index (χ2v) is 5.37. The Bertz CT molecular complexity index is 395. The van der Waals surface area contributed by atoms with Crippen LogP contribution in [0.5, 0.6) is 0 Å². The zero-order valence-corrected chi connectivity index (χ0v) is 13.5. The number of methoxy groups -OCH3 is 1. The van der Waals surface area contributed by atoms with Gasteiger partial charge in [-0.25, -0.2) is 0 Å². The second-order valence-electron chi connectivity index (χ2n) is 5.37. The lowest BCUT2D eigenvalue weighted by Crippen LogP contribution is -2.41. The van der Waals surface area contributed by atoms with Gasteiger partial charge in [0.1, 0.15) is 0 Å². The van der Waals surface area contributed by atoms with E-state index in [-0.39, 0.29) is 11.8 Å². The highest BCUT2D eigenvalue weighted by Crippen LogP contribution is 2.07.